The number of ether oxygens (including phenoxy) is 1. The first-order valence-corrected chi connectivity index (χ1v) is 39.1. The number of hydrogen-bond donors (Lipinski definition) is 3. The molecule has 0 bridgehead atoms. The summed E-state index contributed by atoms with van der Waals surface area (Å²) in [6.07, 6.45) is 95.8. The Kier molecular flexibility index (Phi) is 73.3. The maximum atomic E-state index is 12.5. The number of carbonyl (C=O) groups excluding carboxylic acids is 2. The van der Waals surface area contributed by atoms with Crippen LogP contribution in [0.25, 0.3) is 0 Å². The van der Waals surface area contributed by atoms with Gasteiger partial charge in [-0.25, -0.2) is 0 Å². The summed E-state index contributed by atoms with van der Waals surface area (Å²) >= 11 is 0. The second-order valence-electron chi connectivity index (χ2n) is 27.0. The van der Waals surface area contributed by atoms with Crippen molar-refractivity contribution in [1.29, 1.82) is 0 Å². The minimum absolute atomic E-state index is 0.0234. The van der Waals surface area contributed by atoms with E-state index in [-0.39, 0.29) is 18.5 Å². The van der Waals surface area contributed by atoms with E-state index < -0.39 is 12.1 Å². The second-order valence-corrected chi connectivity index (χ2v) is 27.0. The van der Waals surface area contributed by atoms with Gasteiger partial charge in [-0.3, -0.25) is 9.59 Å². The molecular weight excluding hydrogens is 1040 g/mol. The van der Waals surface area contributed by atoms with Crippen LogP contribution < -0.4 is 5.32 Å². The topological polar surface area (TPSA) is 95.9 Å². The van der Waals surface area contributed by atoms with Crippen molar-refractivity contribution in [3.8, 4) is 0 Å². The van der Waals surface area contributed by atoms with Gasteiger partial charge in [0.15, 0.2) is 0 Å². The van der Waals surface area contributed by atoms with Crippen molar-refractivity contribution in [3.63, 3.8) is 0 Å². The molecule has 6 heteroatoms. The number of hydrogen-bond acceptors (Lipinski definition) is 5. The zero-order chi connectivity index (χ0) is 61.3. The van der Waals surface area contributed by atoms with E-state index in [4.69, 9.17) is 4.74 Å². The van der Waals surface area contributed by atoms with E-state index in [1.54, 1.807) is 6.08 Å². The van der Waals surface area contributed by atoms with Gasteiger partial charge in [0.05, 0.1) is 25.4 Å². The van der Waals surface area contributed by atoms with Gasteiger partial charge in [0, 0.05) is 12.8 Å². The van der Waals surface area contributed by atoms with Crippen molar-refractivity contribution in [3.05, 3.63) is 24.3 Å². The van der Waals surface area contributed by atoms with Crippen molar-refractivity contribution in [1.82, 2.24) is 5.32 Å². The van der Waals surface area contributed by atoms with Crippen LogP contribution in [0.2, 0.25) is 0 Å². The molecule has 0 fully saturated rings. The average molecular weight is 1200 g/mol. The number of amides is 1. The molecule has 0 radical (unpaired) electrons. The number of carbonyl (C=O) groups is 2. The molecule has 0 aliphatic carbocycles. The van der Waals surface area contributed by atoms with E-state index in [0.717, 1.165) is 38.5 Å². The Morgan fingerprint density at radius 3 is 0.835 bits per heavy atom. The average Bonchev–Trinajstić information content (AvgIpc) is 3.51. The monoisotopic (exact) mass is 1200 g/mol. The maximum Gasteiger partial charge on any atom is 0.305 e. The van der Waals surface area contributed by atoms with Gasteiger partial charge in [-0.2, -0.15) is 0 Å². The highest BCUT2D eigenvalue weighted by molar-refractivity contribution is 5.76. The summed E-state index contributed by atoms with van der Waals surface area (Å²) in [7, 11) is 0. The second kappa shape index (κ2) is 74.8. The fraction of sp³-hybridized carbons (Fsp3) is 0.924. The Hall–Kier alpha value is -1.66. The molecule has 3 N–H and O–H groups in total. The van der Waals surface area contributed by atoms with Gasteiger partial charge in [-0.1, -0.05) is 398 Å². The summed E-state index contributed by atoms with van der Waals surface area (Å²) in [6.45, 7) is 4.96. The van der Waals surface area contributed by atoms with E-state index in [0.29, 0.717) is 19.4 Å². The lowest BCUT2D eigenvalue weighted by Crippen LogP contribution is -2.45. The molecule has 0 saturated heterocycles. The fourth-order valence-electron chi connectivity index (χ4n) is 12.5. The summed E-state index contributed by atoms with van der Waals surface area (Å²) in [5.41, 5.74) is 0. The Morgan fingerprint density at radius 1 is 0.318 bits per heavy atom. The summed E-state index contributed by atoms with van der Waals surface area (Å²) < 4.78 is 5.51. The van der Waals surface area contributed by atoms with Crippen molar-refractivity contribution in [2.24, 2.45) is 0 Å². The molecule has 0 aromatic carbocycles. The zero-order valence-electron chi connectivity index (χ0n) is 57.9. The third-order valence-electron chi connectivity index (χ3n) is 18.5. The van der Waals surface area contributed by atoms with Gasteiger partial charge in [0.1, 0.15) is 0 Å². The molecule has 0 aliphatic heterocycles. The normalized spacial score (nSPS) is 12.6. The highest BCUT2D eigenvalue weighted by atomic mass is 16.5. The number of esters is 1. The molecule has 504 valence electrons. The van der Waals surface area contributed by atoms with Crippen LogP contribution in [0, 0.1) is 0 Å². The van der Waals surface area contributed by atoms with Gasteiger partial charge in [0.25, 0.3) is 0 Å². The Balaban J connectivity index is 3.35. The van der Waals surface area contributed by atoms with Crippen LogP contribution >= 0.6 is 0 Å². The number of aliphatic hydroxyl groups excluding tert-OH is 2. The first-order valence-electron chi connectivity index (χ1n) is 39.1. The number of allylic oxidation sites excluding steroid dienone is 3. The molecule has 0 heterocycles. The van der Waals surface area contributed by atoms with Gasteiger partial charge in [0.2, 0.25) is 5.91 Å². The summed E-state index contributed by atoms with van der Waals surface area (Å²) in [5.74, 6) is -0.0375. The molecule has 0 saturated carbocycles. The van der Waals surface area contributed by atoms with Crippen LogP contribution in [0.3, 0.4) is 0 Å². The highest BCUT2D eigenvalue weighted by Crippen LogP contribution is 2.20. The molecule has 0 rings (SSSR count). The summed E-state index contributed by atoms with van der Waals surface area (Å²) in [5, 5.41) is 23.2. The minimum Gasteiger partial charge on any atom is -0.466 e. The first-order chi connectivity index (χ1) is 42.0. The van der Waals surface area contributed by atoms with Crippen molar-refractivity contribution in [2.75, 3.05) is 13.2 Å². The van der Waals surface area contributed by atoms with E-state index in [2.05, 4.69) is 31.3 Å². The van der Waals surface area contributed by atoms with Crippen LogP contribution in [0.5, 0.6) is 0 Å². The maximum absolute atomic E-state index is 12.5. The molecule has 1 amide bonds. The quantitative estimate of drug-likeness (QED) is 0.0320. The van der Waals surface area contributed by atoms with Crippen LogP contribution in [0.4, 0.5) is 0 Å². The number of rotatable bonds is 74. The van der Waals surface area contributed by atoms with Gasteiger partial charge < -0.3 is 20.3 Å². The highest BCUT2D eigenvalue weighted by Gasteiger charge is 2.18. The molecule has 0 aromatic heterocycles. The fourth-order valence-corrected chi connectivity index (χ4v) is 12.5. The lowest BCUT2D eigenvalue weighted by Gasteiger charge is -2.20. The SMILES string of the molecule is CCCCCCCCCCCCCCCCCC/C=C/C(O)C(CO)NC(=O)CCCCCCCCCCCCCCCCCCC/C=C\CCCCCCCCCCCCCCOC(=O)CCCCCCCCCCCCCCCCCCC. The minimum atomic E-state index is -0.843. The Labute approximate surface area is 532 Å². The molecule has 2 unspecified atom stereocenters. The molecular formula is C79H153NO5. The van der Waals surface area contributed by atoms with Crippen LogP contribution in [-0.2, 0) is 14.3 Å². The van der Waals surface area contributed by atoms with Crippen molar-refractivity contribution >= 4 is 11.9 Å². The Bertz CT molecular complexity index is 1330. The van der Waals surface area contributed by atoms with Crippen LogP contribution in [0.1, 0.15) is 444 Å². The van der Waals surface area contributed by atoms with Crippen molar-refractivity contribution < 1.29 is 24.5 Å². The summed E-state index contributed by atoms with van der Waals surface area (Å²) in [6, 6.07) is -0.626. The first kappa shape index (κ1) is 83.3. The van der Waals surface area contributed by atoms with E-state index >= 15 is 0 Å². The number of nitrogens with one attached hydrogen (secondary N) is 1. The molecule has 0 aromatic rings. The van der Waals surface area contributed by atoms with Crippen molar-refractivity contribution in [2.45, 2.75) is 456 Å². The Morgan fingerprint density at radius 2 is 0.553 bits per heavy atom. The van der Waals surface area contributed by atoms with E-state index in [1.807, 2.05) is 6.08 Å². The third-order valence-corrected chi connectivity index (χ3v) is 18.5. The van der Waals surface area contributed by atoms with E-state index in [9.17, 15) is 19.8 Å². The van der Waals surface area contributed by atoms with Gasteiger partial charge in [-0.05, 0) is 57.8 Å². The van der Waals surface area contributed by atoms with Gasteiger partial charge in [-0.15, -0.1) is 0 Å². The largest absolute Gasteiger partial charge is 0.466 e. The molecule has 85 heavy (non-hydrogen) atoms. The van der Waals surface area contributed by atoms with Crippen LogP contribution in [0.15, 0.2) is 24.3 Å². The predicted octanol–water partition coefficient (Wildman–Crippen LogP) is 25.7. The lowest BCUT2D eigenvalue weighted by atomic mass is 10.0. The van der Waals surface area contributed by atoms with Crippen LogP contribution in [-0.4, -0.2) is 47.4 Å². The molecule has 0 spiro atoms. The number of unbranched alkanes of at least 4 members (excludes halogenated alkanes) is 61. The lowest BCUT2D eigenvalue weighted by molar-refractivity contribution is -0.143. The summed E-state index contributed by atoms with van der Waals surface area (Å²) in [4.78, 5) is 24.6. The zero-order valence-corrected chi connectivity index (χ0v) is 57.9. The standard InChI is InChI=1S/C79H153NO5/c1-3-5-7-9-11-13-15-17-19-21-40-43-47-51-55-59-63-67-71-77(82)76(75-81)80-78(83)72-68-64-60-56-52-48-44-41-37-35-33-31-29-27-25-23-22-24-26-28-30-32-34-36-38-42-46-50-54-58-62-66-70-74-85-79(84)73-69-65-61-57-53-49-45-39-20-18-16-14-12-10-8-6-4-2/h26,28,67,71,76-77,81-82H,3-25,27,29-66,68-70,72-75H2,1-2H3,(H,80,83)/b28-26-,71-67+. The predicted molar refractivity (Wildman–Crippen MR) is 375 cm³/mol. The molecule has 6 nitrogen and oxygen atoms in total. The van der Waals surface area contributed by atoms with E-state index in [1.165, 1.54) is 379 Å². The number of aliphatic hydroxyl groups is 2. The molecule has 0 aliphatic rings. The molecule has 2 atom stereocenters. The van der Waals surface area contributed by atoms with Gasteiger partial charge >= 0.3 is 5.97 Å². The third kappa shape index (κ3) is 71.3. The smallest absolute Gasteiger partial charge is 0.305 e.